The maximum absolute atomic E-state index is 12.3. The third kappa shape index (κ3) is 2.47. The molecule has 0 radical (unpaired) electrons. The molecule has 1 aromatic rings. The van der Waals surface area contributed by atoms with E-state index in [2.05, 4.69) is 11.6 Å². The number of hydrogen-bond donors (Lipinski definition) is 0. The Morgan fingerprint density at radius 3 is 2.78 bits per heavy atom. The van der Waals surface area contributed by atoms with Crippen LogP contribution in [0.4, 0.5) is 0 Å². The third-order valence-electron chi connectivity index (χ3n) is 3.22. The molecule has 1 fully saturated rings. The van der Waals surface area contributed by atoms with Gasteiger partial charge in [-0.25, -0.2) is 0 Å². The maximum atomic E-state index is 12.3. The summed E-state index contributed by atoms with van der Waals surface area (Å²) in [5.41, 5.74) is 0.550. The van der Waals surface area contributed by atoms with Gasteiger partial charge in [0.2, 0.25) is 5.91 Å². The van der Waals surface area contributed by atoms with E-state index in [0.29, 0.717) is 18.5 Å². The lowest BCUT2D eigenvalue weighted by atomic mass is 9.93. The first-order chi connectivity index (χ1) is 8.74. The predicted molar refractivity (Wildman–Crippen MR) is 67.8 cm³/mol. The summed E-state index contributed by atoms with van der Waals surface area (Å²) in [5.74, 6) is -0.826. The van der Waals surface area contributed by atoms with E-state index < -0.39 is 5.92 Å². The molecule has 1 aliphatic rings. The SMILES string of the molecule is C=CN1CCCC[C@H](C(=O)c2ccncc2)C1=O. The minimum atomic E-state index is -0.576. The molecule has 0 aromatic carbocycles. The van der Waals surface area contributed by atoms with Crippen LogP contribution >= 0.6 is 0 Å². The van der Waals surface area contributed by atoms with Crippen LogP contribution in [0.1, 0.15) is 29.6 Å². The van der Waals surface area contributed by atoms with Crippen LogP contribution in [0.25, 0.3) is 0 Å². The van der Waals surface area contributed by atoms with E-state index in [0.717, 1.165) is 12.8 Å². The van der Waals surface area contributed by atoms with Crippen molar-refractivity contribution in [2.75, 3.05) is 6.54 Å². The number of hydrogen-bond acceptors (Lipinski definition) is 3. The zero-order valence-corrected chi connectivity index (χ0v) is 10.2. The molecule has 1 atom stereocenters. The molecule has 1 aliphatic heterocycles. The molecule has 1 aromatic heterocycles. The predicted octanol–water partition coefficient (Wildman–Crippen LogP) is 2.04. The van der Waals surface area contributed by atoms with Crippen molar-refractivity contribution >= 4 is 11.7 Å². The molecule has 0 saturated carbocycles. The first-order valence-electron chi connectivity index (χ1n) is 6.11. The Morgan fingerprint density at radius 1 is 1.39 bits per heavy atom. The number of rotatable bonds is 3. The highest BCUT2D eigenvalue weighted by Gasteiger charge is 2.31. The summed E-state index contributed by atoms with van der Waals surface area (Å²) >= 11 is 0. The van der Waals surface area contributed by atoms with E-state index in [1.165, 1.54) is 6.20 Å². The summed E-state index contributed by atoms with van der Waals surface area (Å²) < 4.78 is 0. The van der Waals surface area contributed by atoms with Crippen molar-refractivity contribution in [1.29, 1.82) is 0 Å². The van der Waals surface area contributed by atoms with E-state index in [-0.39, 0.29) is 11.7 Å². The number of likely N-dealkylation sites (tertiary alicyclic amines) is 1. The van der Waals surface area contributed by atoms with E-state index in [9.17, 15) is 9.59 Å². The second-order valence-electron chi connectivity index (χ2n) is 4.36. The molecule has 2 rings (SSSR count). The first-order valence-corrected chi connectivity index (χ1v) is 6.11. The van der Waals surface area contributed by atoms with Gasteiger partial charge in [-0.3, -0.25) is 14.6 Å². The summed E-state index contributed by atoms with van der Waals surface area (Å²) in [6.07, 6.45) is 7.07. The monoisotopic (exact) mass is 244 g/mol. The molecule has 2 heterocycles. The number of Topliss-reactive ketones (excluding diaryl/α,β-unsaturated/α-hetero) is 1. The van der Waals surface area contributed by atoms with Crippen LogP contribution in [0.15, 0.2) is 37.3 Å². The summed E-state index contributed by atoms with van der Waals surface area (Å²) in [6.45, 7) is 4.28. The van der Waals surface area contributed by atoms with Crippen molar-refractivity contribution in [1.82, 2.24) is 9.88 Å². The zero-order valence-electron chi connectivity index (χ0n) is 10.2. The molecule has 4 heteroatoms. The van der Waals surface area contributed by atoms with E-state index in [4.69, 9.17) is 0 Å². The van der Waals surface area contributed by atoms with Gasteiger partial charge in [0.1, 0.15) is 5.92 Å². The van der Waals surface area contributed by atoms with Crippen LogP contribution in [0.3, 0.4) is 0 Å². The lowest BCUT2D eigenvalue weighted by molar-refractivity contribution is -0.130. The summed E-state index contributed by atoms with van der Waals surface area (Å²) in [7, 11) is 0. The average Bonchev–Trinajstić information content (AvgIpc) is 2.60. The number of pyridine rings is 1. The first kappa shape index (κ1) is 12.5. The molecule has 18 heavy (non-hydrogen) atoms. The van der Waals surface area contributed by atoms with Gasteiger partial charge in [0, 0.05) is 24.5 Å². The molecule has 0 unspecified atom stereocenters. The molecule has 0 spiro atoms. The molecular weight excluding hydrogens is 228 g/mol. The van der Waals surface area contributed by atoms with Gasteiger partial charge >= 0.3 is 0 Å². The summed E-state index contributed by atoms with van der Waals surface area (Å²) in [5, 5.41) is 0. The molecule has 0 bridgehead atoms. The highest BCUT2D eigenvalue weighted by Crippen LogP contribution is 2.21. The van der Waals surface area contributed by atoms with Gasteiger partial charge in [0.05, 0.1) is 0 Å². The molecule has 0 N–H and O–H groups in total. The van der Waals surface area contributed by atoms with Crippen molar-refractivity contribution < 1.29 is 9.59 Å². The van der Waals surface area contributed by atoms with Gasteiger partial charge in [-0.2, -0.15) is 0 Å². The largest absolute Gasteiger partial charge is 0.319 e. The van der Waals surface area contributed by atoms with Crippen LogP contribution < -0.4 is 0 Å². The Hall–Kier alpha value is -1.97. The number of nitrogens with zero attached hydrogens (tertiary/aromatic N) is 2. The van der Waals surface area contributed by atoms with E-state index in [1.807, 2.05) is 0 Å². The minimum absolute atomic E-state index is 0.115. The van der Waals surface area contributed by atoms with E-state index in [1.54, 1.807) is 29.4 Å². The number of ketones is 1. The lowest BCUT2D eigenvalue weighted by Crippen LogP contribution is -2.34. The van der Waals surface area contributed by atoms with E-state index >= 15 is 0 Å². The normalized spacial score (nSPS) is 20.3. The van der Waals surface area contributed by atoms with Crippen molar-refractivity contribution in [3.63, 3.8) is 0 Å². The minimum Gasteiger partial charge on any atom is -0.319 e. The lowest BCUT2D eigenvalue weighted by Gasteiger charge is -2.19. The van der Waals surface area contributed by atoms with Crippen molar-refractivity contribution in [3.8, 4) is 0 Å². The van der Waals surface area contributed by atoms with Gasteiger partial charge in [-0.15, -0.1) is 0 Å². The Balaban J connectivity index is 2.23. The number of aromatic nitrogens is 1. The van der Waals surface area contributed by atoms with Crippen molar-refractivity contribution in [2.45, 2.75) is 19.3 Å². The third-order valence-corrected chi connectivity index (χ3v) is 3.22. The maximum Gasteiger partial charge on any atom is 0.237 e. The van der Waals surface area contributed by atoms with Gasteiger partial charge in [-0.1, -0.05) is 13.0 Å². The zero-order chi connectivity index (χ0) is 13.0. The molecule has 1 saturated heterocycles. The van der Waals surface area contributed by atoms with Gasteiger partial charge in [0.15, 0.2) is 5.78 Å². The van der Waals surface area contributed by atoms with Crippen LogP contribution in [0.2, 0.25) is 0 Å². The number of carbonyl (C=O) groups excluding carboxylic acids is 2. The Bertz CT molecular complexity index is 456. The smallest absolute Gasteiger partial charge is 0.237 e. The second-order valence-corrected chi connectivity index (χ2v) is 4.36. The average molecular weight is 244 g/mol. The van der Waals surface area contributed by atoms with Gasteiger partial charge in [0.25, 0.3) is 0 Å². The van der Waals surface area contributed by atoms with Crippen LogP contribution in [-0.4, -0.2) is 28.1 Å². The Morgan fingerprint density at radius 2 is 2.11 bits per heavy atom. The highest BCUT2D eigenvalue weighted by atomic mass is 16.2. The molecule has 94 valence electrons. The molecular formula is C14H16N2O2. The number of amides is 1. The molecule has 4 nitrogen and oxygen atoms in total. The fraction of sp³-hybridized carbons (Fsp3) is 0.357. The van der Waals surface area contributed by atoms with Crippen molar-refractivity contribution in [3.05, 3.63) is 42.9 Å². The quantitative estimate of drug-likeness (QED) is 0.604. The Labute approximate surface area is 106 Å². The van der Waals surface area contributed by atoms with Crippen LogP contribution in [0, 0.1) is 5.92 Å². The fourth-order valence-corrected chi connectivity index (χ4v) is 2.21. The van der Waals surface area contributed by atoms with Gasteiger partial charge < -0.3 is 4.90 Å². The molecule has 0 aliphatic carbocycles. The topological polar surface area (TPSA) is 50.3 Å². The molecule has 1 amide bonds. The fourth-order valence-electron chi connectivity index (χ4n) is 2.21. The Kier molecular flexibility index (Phi) is 3.87. The highest BCUT2D eigenvalue weighted by molar-refractivity contribution is 6.10. The van der Waals surface area contributed by atoms with Crippen molar-refractivity contribution in [2.24, 2.45) is 5.92 Å². The summed E-state index contributed by atoms with van der Waals surface area (Å²) in [4.78, 5) is 30.0. The number of carbonyl (C=O) groups is 2. The van der Waals surface area contributed by atoms with Crippen LogP contribution in [-0.2, 0) is 4.79 Å². The standard InChI is InChI=1S/C14H16N2O2/c1-2-16-10-4-3-5-12(14(16)18)13(17)11-6-8-15-9-7-11/h2,6-9,12H,1,3-5,10H2/t12-/m1/s1. The van der Waals surface area contributed by atoms with Crippen LogP contribution in [0.5, 0.6) is 0 Å². The second kappa shape index (κ2) is 5.58. The summed E-state index contributed by atoms with van der Waals surface area (Å²) in [6, 6.07) is 3.30. The van der Waals surface area contributed by atoms with Gasteiger partial charge in [-0.05, 0) is 31.2 Å².